The van der Waals surface area contributed by atoms with E-state index in [1.807, 2.05) is 44.2 Å². The molecule has 0 aliphatic heterocycles. The fourth-order valence-electron chi connectivity index (χ4n) is 2.70. The molecule has 3 aromatic rings. The third kappa shape index (κ3) is 3.58. The summed E-state index contributed by atoms with van der Waals surface area (Å²) >= 11 is 3.49. The second kappa shape index (κ2) is 7.63. The SMILES string of the molecule is CCOc1cc(/C=C(\C#N)c2nc3ccc(C)cc3[nH]2)cc(Br)c1OC. The zero-order chi connectivity index (χ0) is 18.7. The molecule has 0 saturated heterocycles. The number of aromatic amines is 1. The van der Waals surface area contributed by atoms with E-state index >= 15 is 0 Å². The second-order valence-corrected chi connectivity index (χ2v) is 6.60. The third-order valence-corrected chi connectivity index (χ3v) is 4.45. The van der Waals surface area contributed by atoms with Gasteiger partial charge in [-0.25, -0.2) is 4.98 Å². The molecule has 0 atom stereocenters. The van der Waals surface area contributed by atoms with Crippen molar-refractivity contribution in [3.63, 3.8) is 0 Å². The van der Waals surface area contributed by atoms with Crippen LogP contribution < -0.4 is 9.47 Å². The molecule has 3 rings (SSSR count). The van der Waals surface area contributed by atoms with Gasteiger partial charge in [-0.2, -0.15) is 5.26 Å². The summed E-state index contributed by atoms with van der Waals surface area (Å²) < 4.78 is 11.8. The van der Waals surface area contributed by atoms with Crippen molar-refractivity contribution < 1.29 is 9.47 Å². The minimum Gasteiger partial charge on any atom is -0.492 e. The summed E-state index contributed by atoms with van der Waals surface area (Å²) in [6.07, 6.45) is 1.78. The number of allylic oxidation sites excluding steroid dienone is 1. The molecule has 0 aliphatic rings. The standard InChI is InChI=1S/C20H18BrN3O2/c1-4-26-18-10-13(9-15(21)19(18)25-3)8-14(11-22)20-23-16-6-5-12(2)7-17(16)24-20/h5-10H,4H2,1-3H3,(H,23,24)/b14-8+. The molecule has 0 saturated carbocycles. The van der Waals surface area contributed by atoms with E-state index in [0.717, 1.165) is 26.6 Å². The topological polar surface area (TPSA) is 70.9 Å². The van der Waals surface area contributed by atoms with Gasteiger partial charge in [0, 0.05) is 0 Å². The van der Waals surface area contributed by atoms with Gasteiger partial charge in [0.15, 0.2) is 11.5 Å². The Morgan fingerprint density at radius 1 is 1.35 bits per heavy atom. The zero-order valence-electron chi connectivity index (χ0n) is 14.8. The van der Waals surface area contributed by atoms with Gasteiger partial charge in [-0.15, -0.1) is 0 Å². The van der Waals surface area contributed by atoms with Gasteiger partial charge in [-0.05, 0) is 71.2 Å². The first kappa shape index (κ1) is 18.0. The van der Waals surface area contributed by atoms with Crippen molar-refractivity contribution in [1.29, 1.82) is 5.26 Å². The van der Waals surface area contributed by atoms with E-state index in [9.17, 15) is 5.26 Å². The average molecular weight is 412 g/mol. The van der Waals surface area contributed by atoms with Crippen LogP contribution in [0.25, 0.3) is 22.7 Å². The summed E-state index contributed by atoms with van der Waals surface area (Å²) in [6, 6.07) is 11.9. The number of nitrogens with zero attached hydrogens (tertiary/aromatic N) is 2. The van der Waals surface area contributed by atoms with Crippen LogP contribution in [0, 0.1) is 18.3 Å². The lowest BCUT2D eigenvalue weighted by atomic mass is 10.1. The molecule has 5 nitrogen and oxygen atoms in total. The smallest absolute Gasteiger partial charge is 0.174 e. The van der Waals surface area contributed by atoms with Gasteiger partial charge >= 0.3 is 0 Å². The van der Waals surface area contributed by atoms with Crippen LogP contribution in [0.5, 0.6) is 11.5 Å². The maximum absolute atomic E-state index is 9.62. The summed E-state index contributed by atoms with van der Waals surface area (Å²) in [5, 5.41) is 9.62. The van der Waals surface area contributed by atoms with Gasteiger partial charge in [0.05, 0.1) is 34.8 Å². The summed E-state index contributed by atoms with van der Waals surface area (Å²) in [7, 11) is 1.59. The van der Waals surface area contributed by atoms with Gasteiger partial charge in [0.25, 0.3) is 0 Å². The number of benzene rings is 2. The summed E-state index contributed by atoms with van der Waals surface area (Å²) in [5.74, 6) is 1.79. The minimum atomic E-state index is 0.443. The Morgan fingerprint density at radius 2 is 2.15 bits per heavy atom. The van der Waals surface area contributed by atoms with E-state index in [1.165, 1.54) is 0 Å². The summed E-state index contributed by atoms with van der Waals surface area (Å²) in [6.45, 7) is 4.45. The fraction of sp³-hybridized carbons (Fsp3) is 0.200. The number of nitrogens with one attached hydrogen (secondary N) is 1. The van der Waals surface area contributed by atoms with Gasteiger partial charge in [0.2, 0.25) is 0 Å². The van der Waals surface area contributed by atoms with Crippen LogP contribution >= 0.6 is 15.9 Å². The molecule has 0 bridgehead atoms. The van der Waals surface area contributed by atoms with E-state index in [4.69, 9.17) is 9.47 Å². The Hall–Kier alpha value is -2.78. The van der Waals surface area contributed by atoms with Gasteiger partial charge in [-0.3, -0.25) is 0 Å². The molecule has 2 aromatic carbocycles. The zero-order valence-corrected chi connectivity index (χ0v) is 16.3. The van der Waals surface area contributed by atoms with Crippen LogP contribution in [0.15, 0.2) is 34.8 Å². The first-order chi connectivity index (χ1) is 12.5. The molecular weight excluding hydrogens is 394 g/mol. The van der Waals surface area contributed by atoms with Crippen LogP contribution in [-0.2, 0) is 0 Å². The molecule has 0 radical (unpaired) electrons. The first-order valence-corrected chi connectivity index (χ1v) is 8.94. The van der Waals surface area contributed by atoms with Crippen LogP contribution in [-0.4, -0.2) is 23.7 Å². The number of aromatic nitrogens is 2. The van der Waals surface area contributed by atoms with Crippen molar-refractivity contribution >= 4 is 38.6 Å². The molecule has 0 amide bonds. The number of ether oxygens (including phenoxy) is 2. The lowest BCUT2D eigenvalue weighted by Gasteiger charge is -2.12. The number of halogens is 1. The van der Waals surface area contributed by atoms with Crippen LogP contribution in [0.4, 0.5) is 0 Å². The molecule has 26 heavy (non-hydrogen) atoms. The highest BCUT2D eigenvalue weighted by molar-refractivity contribution is 9.10. The number of hydrogen-bond donors (Lipinski definition) is 1. The molecule has 0 fully saturated rings. The predicted molar refractivity (Wildman–Crippen MR) is 106 cm³/mol. The van der Waals surface area contributed by atoms with Crippen molar-refractivity contribution in [3.8, 4) is 17.6 Å². The molecular formula is C20H18BrN3O2. The normalized spacial score (nSPS) is 11.4. The molecule has 6 heteroatoms. The number of H-pyrrole nitrogens is 1. The van der Waals surface area contributed by atoms with E-state index in [0.29, 0.717) is 29.5 Å². The number of imidazole rings is 1. The van der Waals surface area contributed by atoms with E-state index < -0.39 is 0 Å². The van der Waals surface area contributed by atoms with Crippen LogP contribution in [0.1, 0.15) is 23.9 Å². The monoisotopic (exact) mass is 411 g/mol. The van der Waals surface area contributed by atoms with Crippen molar-refractivity contribution in [3.05, 3.63) is 51.8 Å². The Balaban J connectivity index is 2.07. The lowest BCUT2D eigenvalue weighted by Crippen LogP contribution is -1.97. The lowest BCUT2D eigenvalue weighted by molar-refractivity contribution is 0.310. The quantitative estimate of drug-likeness (QED) is 0.592. The first-order valence-electron chi connectivity index (χ1n) is 8.14. The van der Waals surface area contributed by atoms with Crippen molar-refractivity contribution in [2.24, 2.45) is 0 Å². The Kier molecular flexibility index (Phi) is 5.29. The Labute approximate surface area is 160 Å². The predicted octanol–water partition coefficient (Wildman–Crippen LogP) is 5.11. The maximum atomic E-state index is 9.62. The number of hydrogen-bond acceptors (Lipinski definition) is 4. The van der Waals surface area contributed by atoms with E-state index in [1.54, 1.807) is 13.2 Å². The molecule has 0 unspecified atom stereocenters. The molecule has 0 spiro atoms. The number of rotatable bonds is 5. The largest absolute Gasteiger partial charge is 0.492 e. The molecule has 0 aliphatic carbocycles. The third-order valence-electron chi connectivity index (χ3n) is 3.86. The molecule has 1 N–H and O–H groups in total. The summed E-state index contributed by atoms with van der Waals surface area (Å²) in [4.78, 5) is 7.74. The highest BCUT2D eigenvalue weighted by atomic mass is 79.9. The van der Waals surface area contributed by atoms with Gasteiger partial charge in [-0.1, -0.05) is 6.07 Å². The molecule has 132 valence electrons. The van der Waals surface area contributed by atoms with Crippen molar-refractivity contribution in [1.82, 2.24) is 9.97 Å². The number of aryl methyl sites for hydroxylation is 1. The van der Waals surface area contributed by atoms with Crippen molar-refractivity contribution in [2.75, 3.05) is 13.7 Å². The van der Waals surface area contributed by atoms with Crippen LogP contribution in [0.2, 0.25) is 0 Å². The number of fused-ring (bicyclic) bond motifs is 1. The fourth-order valence-corrected chi connectivity index (χ4v) is 3.33. The highest BCUT2D eigenvalue weighted by Gasteiger charge is 2.13. The van der Waals surface area contributed by atoms with E-state index in [-0.39, 0.29) is 0 Å². The van der Waals surface area contributed by atoms with Crippen LogP contribution in [0.3, 0.4) is 0 Å². The Morgan fingerprint density at radius 3 is 2.85 bits per heavy atom. The van der Waals surface area contributed by atoms with E-state index in [2.05, 4.69) is 32.0 Å². The number of nitriles is 1. The highest BCUT2D eigenvalue weighted by Crippen LogP contribution is 2.37. The maximum Gasteiger partial charge on any atom is 0.174 e. The average Bonchev–Trinajstić information content (AvgIpc) is 3.02. The number of methoxy groups -OCH3 is 1. The van der Waals surface area contributed by atoms with Crippen molar-refractivity contribution in [2.45, 2.75) is 13.8 Å². The summed E-state index contributed by atoms with van der Waals surface area (Å²) in [5.41, 5.74) is 4.13. The molecule has 1 aromatic heterocycles. The Bertz CT molecular complexity index is 1030. The minimum absolute atomic E-state index is 0.443. The van der Waals surface area contributed by atoms with Gasteiger partial charge < -0.3 is 14.5 Å². The second-order valence-electron chi connectivity index (χ2n) is 5.74. The molecule has 1 heterocycles. The van der Waals surface area contributed by atoms with Gasteiger partial charge in [0.1, 0.15) is 11.9 Å².